The largest absolute Gasteiger partial charge is 0.507 e. The average Bonchev–Trinajstić information content (AvgIpc) is 3.02. The van der Waals surface area contributed by atoms with E-state index in [2.05, 4.69) is 27.9 Å². The van der Waals surface area contributed by atoms with Crippen LogP contribution < -0.4 is 5.32 Å². The van der Waals surface area contributed by atoms with Crippen molar-refractivity contribution in [3.63, 3.8) is 0 Å². The second-order valence-electron chi connectivity index (χ2n) is 5.86. The maximum Gasteiger partial charge on any atom is 0.308 e. The normalized spacial score (nSPS) is 30.3. The molecule has 5 nitrogen and oxygen atoms in total. The summed E-state index contributed by atoms with van der Waals surface area (Å²) >= 11 is 2.07. The minimum atomic E-state index is -0.834. The number of carboxylic acid groups (broad SMARTS) is 1. The van der Waals surface area contributed by atoms with Crippen LogP contribution in [0.3, 0.4) is 0 Å². The first-order valence-corrected chi connectivity index (χ1v) is 8.07. The number of phenolic OH excluding ortho intramolecular Hbond substituents is 1. The third kappa shape index (κ3) is 2.61. The number of aliphatic carboxylic acids is 1. The minimum absolute atomic E-state index is 0.0806. The van der Waals surface area contributed by atoms with Gasteiger partial charge < -0.3 is 15.5 Å². The number of halogens is 1. The number of amides is 1. The van der Waals surface area contributed by atoms with Gasteiger partial charge in [-0.1, -0.05) is 0 Å². The summed E-state index contributed by atoms with van der Waals surface area (Å²) in [6.45, 7) is 0. The fraction of sp³-hybridized carbons (Fsp3) is 0.467. The molecule has 1 aromatic rings. The van der Waals surface area contributed by atoms with E-state index in [1.54, 1.807) is 12.1 Å². The van der Waals surface area contributed by atoms with Gasteiger partial charge in [-0.3, -0.25) is 9.59 Å². The molecule has 6 heteroatoms. The highest BCUT2D eigenvalue weighted by atomic mass is 127. The zero-order chi connectivity index (χ0) is 15.1. The van der Waals surface area contributed by atoms with Crippen LogP contribution in [0, 0.1) is 21.3 Å². The number of carbonyl (C=O) groups excluding carboxylic acids is 1. The van der Waals surface area contributed by atoms with Gasteiger partial charge >= 0.3 is 5.97 Å². The maximum absolute atomic E-state index is 12.4. The van der Waals surface area contributed by atoms with Crippen LogP contribution in [0.4, 0.5) is 0 Å². The summed E-state index contributed by atoms with van der Waals surface area (Å²) in [6.07, 6.45) is 2.78. The fourth-order valence-electron chi connectivity index (χ4n) is 3.77. The van der Waals surface area contributed by atoms with E-state index in [0.717, 1.165) is 22.8 Å². The van der Waals surface area contributed by atoms with Gasteiger partial charge in [0.25, 0.3) is 5.91 Å². The van der Waals surface area contributed by atoms with E-state index in [1.165, 1.54) is 6.07 Å². The molecular formula is C15H16INO4. The van der Waals surface area contributed by atoms with Gasteiger partial charge in [0.05, 0.1) is 11.5 Å². The van der Waals surface area contributed by atoms with Crippen molar-refractivity contribution in [3.8, 4) is 5.75 Å². The first-order valence-electron chi connectivity index (χ1n) is 6.99. The number of phenols is 1. The topological polar surface area (TPSA) is 86.6 Å². The Balaban J connectivity index is 1.81. The molecule has 0 saturated heterocycles. The van der Waals surface area contributed by atoms with Crippen molar-refractivity contribution >= 4 is 34.5 Å². The molecule has 2 aliphatic rings. The third-order valence-corrected chi connectivity index (χ3v) is 5.37. The summed E-state index contributed by atoms with van der Waals surface area (Å²) in [6, 6.07) is 4.47. The number of aromatic hydroxyl groups is 1. The van der Waals surface area contributed by atoms with Crippen molar-refractivity contribution in [3.05, 3.63) is 27.3 Å². The van der Waals surface area contributed by atoms with E-state index in [-0.39, 0.29) is 29.2 Å². The van der Waals surface area contributed by atoms with E-state index in [1.807, 2.05) is 0 Å². The summed E-state index contributed by atoms with van der Waals surface area (Å²) in [5.41, 5.74) is 0.203. The zero-order valence-electron chi connectivity index (χ0n) is 11.3. The molecule has 21 heavy (non-hydrogen) atoms. The van der Waals surface area contributed by atoms with E-state index in [4.69, 9.17) is 0 Å². The molecule has 0 aromatic heterocycles. The van der Waals surface area contributed by atoms with Crippen molar-refractivity contribution in [1.82, 2.24) is 5.32 Å². The number of benzene rings is 1. The number of carboxylic acids is 1. The Kier molecular flexibility index (Phi) is 3.81. The molecule has 1 aromatic carbocycles. The maximum atomic E-state index is 12.4. The Morgan fingerprint density at radius 3 is 2.67 bits per heavy atom. The molecule has 0 radical (unpaired) electrons. The lowest BCUT2D eigenvalue weighted by molar-refractivity contribution is -0.144. The highest BCUT2D eigenvalue weighted by Crippen LogP contribution is 2.48. The van der Waals surface area contributed by atoms with Gasteiger partial charge in [-0.15, -0.1) is 0 Å². The summed E-state index contributed by atoms with van der Waals surface area (Å²) in [7, 11) is 0. The smallest absolute Gasteiger partial charge is 0.308 e. The van der Waals surface area contributed by atoms with E-state index in [0.29, 0.717) is 0 Å². The molecule has 0 aliphatic heterocycles. The molecule has 0 heterocycles. The second kappa shape index (κ2) is 5.47. The van der Waals surface area contributed by atoms with Gasteiger partial charge in [0.2, 0.25) is 0 Å². The molecular weight excluding hydrogens is 385 g/mol. The number of hydrogen-bond acceptors (Lipinski definition) is 3. The molecule has 112 valence electrons. The molecule has 2 aliphatic carbocycles. The summed E-state index contributed by atoms with van der Waals surface area (Å²) in [5.74, 6) is -1.40. The molecule has 1 amide bonds. The van der Waals surface area contributed by atoms with Crippen molar-refractivity contribution in [2.24, 2.45) is 17.8 Å². The minimum Gasteiger partial charge on any atom is -0.507 e. The molecule has 3 rings (SSSR count). The molecule has 4 unspecified atom stereocenters. The lowest BCUT2D eigenvalue weighted by atomic mass is 9.84. The zero-order valence-corrected chi connectivity index (χ0v) is 13.4. The Morgan fingerprint density at radius 2 is 1.95 bits per heavy atom. The summed E-state index contributed by atoms with van der Waals surface area (Å²) in [4.78, 5) is 23.8. The second-order valence-corrected chi connectivity index (χ2v) is 7.10. The van der Waals surface area contributed by atoms with Gasteiger partial charge in [-0.2, -0.15) is 0 Å². The van der Waals surface area contributed by atoms with Crippen LogP contribution in [-0.2, 0) is 4.79 Å². The quantitative estimate of drug-likeness (QED) is 0.679. The predicted molar refractivity (Wildman–Crippen MR) is 84.0 cm³/mol. The standard InChI is InChI=1S/C15H16INO4/c16-9-3-4-11(18)10(6-9)14(19)17-13-8-2-1-7(5-8)12(13)15(20)21/h3-4,6-8,12-13,18H,1-2,5H2,(H,17,19)(H,20,21). The predicted octanol–water partition coefficient (Wildman–Crippen LogP) is 2.23. The molecule has 0 spiro atoms. The first-order chi connectivity index (χ1) is 9.97. The lowest BCUT2D eigenvalue weighted by Crippen LogP contribution is -2.46. The van der Waals surface area contributed by atoms with Crippen LogP contribution in [0.5, 0.6) is 5.75 Å². The Labute approximate surface area is 135 Å². The number of hydrogen-bond donors (Lipinski definition) is 3. The van der Waals surface area contributed by atoms with Crippen LogP contribution >= 0.6 is 22.6 Å². The van der Waals surface area contributed by atoms with E-state index in [9.17, 15) is 19.8 Å². The fourth-order valence-corrected chi connectivity index (χ4v) is 4.26. The van der Waals surface area contributed by atoms with E-state index < -0.39 is 17.8 Å². The van der Waals surface area contributed by atoms with Gasteiger partial charge in [0.15, 0.2) is 0 Å². The van der Waals surface area contributed by atoms with Crippen LogP contribution in [0.2, 0.25) is 0 Å². The number of fused-ring (bicyclic) bond motifs is 2. The van der Waals surface area contributed by atoms with Gasteiger partial charge in [0.1, 0.15) is 5.75 Å². The molecule has 2 bridgehead atoms. The Morgan fingerprint density at radius 1 is 1.24 bits per heavy atom. The Hall–Kier alpha value is -1.31. The number of rotatable bonds is 3. The molecule has 2 fully saturated rings. The van der Waals surface area contributed by atoms with Crippen LogP contribution in [-0.4, -0.2) is 28.1 Å². The highest BCUT2D eigenvalue weighted by Gasteiger charge is 2.51. The first kappa shape index (κ1) is 14.6. The van der Waals surface area contributed by atoms with Crippen molar-refractivity contribution < 1.29 is 19.8 Å². The molecule has 3 N–H and O–H groups in total. The summed E-state index contributed by atoms with van der Waals surface area (Å²) < 4.78 is 0.846. The van der Waals surface area contributed by atoms with Gasteiger partial charge in [0, 0.05) is 9.61 Å². The number of carbonyl (C=O) groups is 2. The van der Waals surface area contributed by atoms with Gasteiger partial charge in [-0.25, -0.2) is 0 Å². The monoisotopic (exact) mass is 401 g/mol. The van der Waals surface area contributed by atoms with Crippen LogP contribution in [0.1, 0.15) is 29.6 Å². The van der Waals surface area contributed by atoms with Crippen molar-refractivity contribution in [1.29, 1.82) is 0 Å². The highest BCUT2D eigenvalue weighted by molar-refractivity contribution is 14.1. The lowest BCUT2D eigenvalue weighted by Gasteiger charge is -2.29. The van der Waals surface area contributed by atoms with Crippen LogP contribution in [0.25, 0.3) is 0 Å². The molecule has 4 atom stereocenters. The Bertz CT molecular complexity index is 603. The van der Waals surface area contributed by atoms with Gasteiger partial charge in [-0.05, 0) is 71.9 Å². The third-order valence-electron chi connectivity index (χ3n) is 4.70. The molecule has 2 saturated carbocycles. The van der Waals surface area contributed by atoms with E-state index >= 15 is 0 Å². The average molecular weight is 401 g/mol. The van der Waals surface area contributed by atoms with Crippen molar-refractivity contribution in [2.45, 2.75) is 25.3 Å². The number of nitrogens with one attached hydrogen (secondary N) is 1. The van der Waals surface area contributed by atoms with Crippen LogP contribution in [0.15, 0.2) is 18.2 Å². The summed E-state index contributed by atoms with van der Waals surface area (Å²) in [5, 5.41) is 22.0. The SMILES string of the molecule is O=C(NC1C2CCC(C2)C1C(=O)O)c1cc(I)ccc1O. The van der Waals surface area contributed by atoms with Crippen molar-refractivity contribution in [2.75, 3.05) is 0 Å².